The Labute approximate surface area is 119 Å². The maximum atomic E-state index is 12.4. The Morgan fingerprint density at radius 1 is 1.05 bits per heavy atom. The predicted octanol–water partition coefficient (Wildman–Crippen LogP) is 3.54. The molecule has 0 aliphatic carbocycles. The summed E-state index contributed by atoms with van der Waals surface area (Å²) in [6, 6.07) is 0. The van der Waals surface area contributed by atoms with Gasteiger partial charge in [-0.15, -0.1) is 0 Å². The largest absolute Gasteiger partial charge is 0.463 e. The Kier molecular flexibility index (Phi) is 6.94. The lowest BCUT2D eigenvalue weighted by Crippen LogP contribution is -2.44. The quantitative estimate of drug-likeness (QED) is 0.462. The molecule has 4 nitrogen and oxygen atoms in total. The van der Waals surface area contributed by atoms with E-state index in [1.807, 2.05) is 6.92 Å². The highest BCUT2D eigenvalue weighted by Crippen LogP contribution is 2.47. The fraction of sp³-hybridized carbons (Fsp3) is 0.929. The molecule has 0 rings (SSSR count). The molecule has 0 aromatic rings. The predicted molar refractivity (Wildman–Crippen MR) is 79.1 cm³/mol. The molecule has 0 spiro atoms. The van der Waals surface area contributed by atoms with Crippen molar-refractivity contribution in [3.63, 3.8) is 0 Å². The maximum Gasteiger partial charge on any atom is 0.312 e. The lowest BCUT2D eigenvalue weighted by Gasteiger charge is -2.43. The molecule has 0 aromatic carbocycles. The van der Waals surface area contributed by atoms with Crippen LogP contribution in [0.25, 0.3) is 0 Å². The maximum absolute atomic E-state index is 12.4. The number of carbonyl (C=O) groups is 1. The van der Waals surface area contributed by atoms with Gasteiger partial charge in [-0.2, -0.15) is 0 Å². The van der Waals surface area contributed by atoms with Gasteiger partial charge in [0, 0.05) is 0 Å². The zero-order chi connectivity index (χ0) is 15.3. The third-order valence-electron chi connectivity index (χ3n) is 3.47. The molecule has 0 aliphatic rings. The third kappa shape index (κ3) is 6.20. The van der Waals surface area contributed by atoms with Crippen LogP contribution in [0, 0.1) is 16.2 Å². The van der Waals surface area contributed by atoms with E-state index in [1.54, 1.807) is 0 Å². The van der Waals surface area contributed by atoms with Crippen LogP contribution < -0.4 is 0 Å². The lowest BCUT2D eigenvalue weighted by atomic mass is 9.61. The zero-order valence-electron chi connectivity index (χ0n) is 13.3. The van der Waals surface area contributed by atoms with Crippen LogP contribution in [-0.4, -0.2) is 24.1 Å². The molecule has 0 amide bonds. The molecule has 0 fully saturated rings. The summed E-state index contributed by atoms with van der Waals surface area (Å²) in [5.41, 5.74) is -0.687. The van der Waals surface area contributed by atoms with Crippen LogP contribution in [0.5, 0.6) is 0 Å². The number of ether oxygens (including phenoxy) is 1. The van der Waals surface area contributed by atoms with Gasteiger partial charge in [-0.3, -0.25) is 4.79 Å². The molecule has 0 bridgehead atoms. The van der Waals surface area contributed by atoms with Gasteiger partial charge in [-0.1, -0.05) is 41.5 Å². The Bertz CT molecular complexity index is 291. The molecule has 0 heterocycles. The molecule has 1 N–H and O–H groups in total. The summed E-state index contributed by atoms with van der Waals surface area (Å²) in [6.07, 6.45) is 0.755. The molecule has 0 aliphatic heterocycles. The zero-order valence-corrected chi connectivity index (χ0v) is 14.3. The van der Waals surface area contributed by atoms with Crippen molar-refractivity contribution in [3.05, 3.63) is 0 Å². The molecule has 2 unspecified atom stereocenters. The van der Waals surface area contributed by atoms with Crippen LogP contribution in [0.3, 0.4) is 0 Å². The first kappa shape index (κ1) is 18.8. The van der Waals surface area contributed by atoms with E-state index in [2.05, 4.69) is 41.5 Å². The highest BCUT2D eigenvalue weighted by atomic mass is 31.1. The summed E-state index contributed by atoms with van der Waals surface area (Å²) >= 11 is 0. The van der Waals surface area contributed by atoms with E-state index in [0.29, 0.717) is 0 Å². The SMILES string of the molecule is CC(C)(C)CC(C)(C(=O)OCCOPO)C(C)(C)C. The number of carbonyl (C=O) groups excluding carboxylic acids is 1. The van der Waals surface area contributed by atoms with E-state index in [0.717, 1.165) is 6.42 Å². The lowest BCUT2D eigenvalue weighted by molar-refractivity contribution is -0.165. The van der Waals surface area contributed by atoms with Crippen molar-refractivity contribution in [1.29, 1.82) is 0 Å². The van der Waals surface area contributed by atoms with Crippen LogP contribution in [0.1, 0.15) is 54.9 Å². The van der Waals surface area contributed by atoms with E-state index in [4.69, 9.17) is 14.2 Å². The molecule has 114 valence electrons. The van der Waals surface area contributed by atoms with E-state index < -0.39 is 14.4 Å². The molecule has 0 radical (unpaired) electrons. The summed E-state index contributed by atoms with van der Waals surface area (Å²) in [7, 11) is -0.563. The van der Waals surface area contributed by atoms with Gasteiger partial charge in [0.1, 0.15) is 6.61 Å². The second kappa shape index (κ2) is 7.01. The second-order valence-electron chi connectivity index (χ2n) is 7.40. The average molecular weight is 292 g/mol. The molecule has 5 heteroatoms. The monoisotopic (exact) mass is 292 g/mol. The van der Waals surface area contributed by atoms with Gasteiger partial charge in [0.15, 0.2) is 9.03 Å². The van der Waals surface area contributed by atoms with Crippen LogP contribution in [0.4, 0.5) is 0 Å². The van der Waals surface area contributed by atoms with E-state index in [9.17, 15) is 4.79 Å². The van der Waals surface area contributed by atoms with Crippen molar-refractivity contribution in [1.82, 2.24) is 0 Å². The van der Waals surface area contributed by atoms with Crippen molar-refractivity contribution >= 4 is 15.0 Å². The third-order valence-corrected chi connectivity index (χ3v) is 3.81. The van der Waals surface area contributed by atoms with Crippen molar-refractivity contribution < 1.29 is 18.9 Å². The fourth-order valence-electron chi connectivity index (χ4n) is 2.09. The van der Waals surface area contributed by atoms with Gasteiger partial charge < -0.3 is 14.2 Å². The van der Waals surface area contributed by atoms with Gasteiger partial charge in [0.05, 0.1) is 12.0 Å². The highest BCUT2D eigenvalue weighted by Gasteiger charge is 2.47. The minimum atomic E-state index is -0.563. The van der Waals surface area contributed by atoms with Crippen molar-refractivity contribution in [2.45, 2.75) is 54.9 Å². The molecular weight excluding hydrogens is 263 g/mol. The Morgan fingerprint density at radius 2 is 1.58 bits per heavy atom. The van der Waals surface area contributed by atoms with E-state index in [-0.39, 0.29) is 30.0 Å². The van der Waals surface area contributed by atoms with E-state index >= 15 is 0 Å². The summed E-state index contributed by atoms with van der Waals surface area (Å²) in [5, 5.41) is 0. The number of hydrogen-bond donors (Lipinski definition) is 1. The van der Waals surface area contributed by atoms with Gasteiger partial charge in [-0.05, 0) is 24.2 Å². The van der Waals surface area contributed by atoms with Crippen molar-refractivity contribution in [2.24, 2.45) is 16.2 Å². The minimum Gasteiger partial charge on any atom is -0.463 e. The Balaban J connectivity index is 4.81. The number of esters is 1. The van der Waals surface area contributed by atoms with Gasteiger partial charge >= 0.3 is 5.97 Å². The summed E-state index contributed by atoms with van der Waals surface area (Å²) in [5.74, 6) is -0.195. The molecule has 2 atom stereocenters. The van der Waals surface area contributed by atoms with Crippen LogP contribution in [-0.2, 0) is 14.1 Å². The molecule has 19 heavy (non-hydrogen) atoms. The summed E-state index contributed by atoms with van der Waals surface area (Å²) in [6.45, 7) is 14.9. The van der Waals surface area contributed by atoms with Gasteiger partial charge in [0.25, 0.3) is 0 Å². The minimum absolute atomic E-state index is 0.0457. The first-order chi connectivity index (χ1) is 8.44. The van der Waals surface area contributed by atoms with Crippen LogP contribution in [0.15, 0.2) is 0 Å². The first-order valence-corrected chi connectivity index (χ1v) is 7.48. The first-order valence-electron chi connectivity index (χ1n) is 6.62. The normalized spacial score (nSPS) is 16.6. The van der Waals surface area contributed by atoms with Crippen molar-refractivity contribution in [3.8, 4) is 0 Å². The van der Waals surface area contributed by atoms with Crippen molar-refractivity contribution in [2.75, 3.05) is 13.2 Å². The van der Waals surface area contributed by atoms with Crippen LogP contribution >= 0.6 is 9.03 Å². The standard InChI is InChI=1S/C14H29O4P/c1-12(2,3)10-14(7,13(4,5)6)11(15)17-8-9-18-19-16/h16,19H,8-10H2,1-7H3. The second-order valence-corrected chi connectivity index (χ2v) is 7.87. The smallest absolute Gasteiger partial charge is 0.312 e. The van der Waals surface area contributed by atoms with Gasteiger partial charge in [0.2, 0.25) is 0 Å². The molecule has 0 aromatic heterocycles. The average Bonchev–Trinajstić information content (AvgIpc) is 2.20. The number of hydrogen-bond acceptors (Lipinski definition) is 4. The summed E-state index contributed by atoms with van der Waals surface area (Å²) < 4.78 is 10.1. The highest BCUT2D eigenvalue weighted by molar-refractivity contribution is 7.24. The Hall–Kier alpha value is -0.180. The fourth-order valence-corrected chi connectivity index (χ4v) is 2.26. The van der Waals surface area contributed by atoms with Gasteiger partial charge in [-0.25, -0.2) is 0 Å². The van der Waals surface area contributed by atoms with Crippen LogP contribution in [0.2, 0.25) is 0 Å². The topological polar surface area (TPSA) is 55.8 Å². The Morgan fingerprint density at radius 3 is 1.95 bits per heavy atom. The molecule has 0 saturated carbocycles. The number of rotatable bonds is 6. The molecular formula is C14H29O4P. The summed E-state index contributed by atoms with van der Waals surface area (Å²) in [4.78, 5) is 21.0. The molecule has 0 saturated heterocycles. The van der Waals surface area contributed by atoms with E-state index in [1.165, 1.54) is 0 Å².